The van der Waals surface area contributed by atoms with Gasteiger partial charge in [0.1, 0.15) is 11.5 Å². The monoisotopic (exact) mass is 350 g/mol. The average molecular weight is 350 g/mol. The number of benzene rings is 1. The molecule has 0 aliphatic heterocycles. The first-order chi connectivity index (χ1) is 12.5. The first kappa shape index (κ1) is 15.9. The van der Waals surface area contributed by atoms with Gasteiger partial charge in [0.15, 0.2) is 5.65 Å². The molecule has 4 rings (SSSR count). The van der Waals surface area contributed by atoms with Gasteiger partial charge in [0.05, 0.1) is 29.5 Å². The fourth-order valence-corrected chi connectivity index (χ4v) is 2.70. The van der Waals surface area contributed by atoms with Crippen LogP contribution in [0, 0.1) is 12.7 Å². The van der Waals surface area contributed by atoms with Gasteiger partial charge in [-0.05, 0) is 37.3 Å². The number of anilines is 1. The molecule has 3 heterocycles. The van der Waals surface area contributed by atoms with Gasteiger partial charge >= 0.3 is 0 Å². The second kappa shape index (κ2) is 6.07. The highest BCUT2D eigenvalue weighted by atomic mass is 19.1. The zero-order valence-electron chi connectivity index (χ0n) is 14.1. The Morgan fingerprint density at radius 3 is 2.69 bits per heavy atom. The Morgan fingerprint density at radius 2 is 1.92 bits per heavy atom. The van der Waals surface area contributed by atoms with E-state index in [-0.39, 0.29) is 11.7 Å². The van der Waals surface area contributed by atoms with Gasteiger partial charge in [0, 0.05) is 18.7 Å². The molecule has 0 bridgehead atoms. The summed E-state index contributed by atoms with van der Waals surface area (Å²) in [6, 6.07) is 9.47. The van der Waals surface area contributed by atoms with Crippen LogP contribution in [0.1, 0.15) is 16.2 Å². The minimum absolute atomic E-state index is 0.320. The Morgan fingerprint density at radius 1 is 1.15 bits per heavy atom. The number of aromatic nitrogens is 5. The SMILES string of the molecule is Cc1cc2ncc(NC(=O)c3cc(-c4ccc(F)cc4)nn3C)cn2n1. The van der Waals surface area contributed by atoms with E-state index in [0.717, 1.165) is 11.3 Å². The number of halogens is 1. The molecule has 8 heteroatoms. The summed E-state index contributed by atoms with van der Waals surface area (Å²) in [4.78, 5) is 16.8. The molecule has 0 fully saturated rings. The van der Waals surface area contributed by atoms with Gasteiger partial charge in [0.2, 0.25) is 0 Å². The van der Waals surface area contributed by atoms with Gasteiger partial charge in [0.25, 0.3) is 5.91 Å². The highest BCUT2D eigenvalue weighted by Crippen LogP contribution is 2.20. The van der Waals surface area contributed by atoms with E-state index in [1.54, 1.807) is 42.2 Å². The molecule has 0 unspecified atom stereocenters. The third kappa shape index (κ3) is 2.92. The predicted molar refractivity (Wildman–Crippen MR) is 94.3 cm³/mol. The van der Waals surface area contributed by atoms with Crippen molar-refractivity contribution in [2.75, 3.05) is 5.32 Å². The molecular formula is C18H15FN6O. The lowest BCUT2D eigenvalue weighted by molar-refractivity contribution is 0.101. The Hall–Kier alpha value is -3.55. The standard InChI is InChI=1S/C18H15FN6O/c1-11-7-17-20-9-14(10-25(17)22-11)21-18(26)16-8-15(23-24(16)2)12-3-5-13(19)6-4-12/h3-10H,1-2H3,(H,21,26). The van der Waals surface area contributed by atoms with Crippen molar-refractivity contribution in [1.82, 2.24) is 24.4 Å². The average Bonchev–Trinajstić information content (AvgIpc) is 3.17. The highest BCUT2D eigenvalue weighted by molar-refractivity contribution is 6.03. The molecule has 130 valence electrons. The van der Waals surface area contributed by atoms with E-state index in [2.05, 4.69) is 20.5 Å². The van der Waals surface area contributed by atoms with E-state index in [1.807, 2.05) is 13.0 Å². The number of hydrogen-bond donors (Lipinski definition) is 1. The van der Waals surface area contributed by atoms with Crippen LogP contribution < -0.4 is 5.32 Å². The van der Waals surface area contributed by atoms with Gasteiger partial charge < -0.3 is 5.32 Å². The number of carbonyl (C=O) groups is 1. The fourth-order valence-electron chi connectivity index (χ4n) is 2.70. The first-order valence-corrected chi connectivity index (χ1v) is 7.93. The first-order valence-electron chi connectivity index (χ1n) is 7.93. The lowest BCUT2D eigenvalue weighted by Gasteiger charge is -2.05. The lowest BCUT2D eigenvalue weighted by atomic mass is 10.1. The number of fused-ring (bicyclic) bond motifs is 1. The Kier molecular flexibility index (Phi) is 3.72. The number of amides is 1. The van der Waals surface area contributed by atoms with Crippen LogP contribution in [0.4, 0.5) is 10.1 Å². The largest absolute Gasteiger partial charge is 0.318 e. The maximum Gasteiger partial charge on any atom is 0.274 e. The van der Waals surface area contributed by atoms with E-state index in [0.29, 0.717) is 22.7 Å². The van der Waals surface area contributed by atoms with Crippen LogP contribution in [0.25, 0.3) is 16.9 Å². The van der Waals surface area contributed by atoms with Gasteiger partial charge in [-0.3, -0.25) is 9.48 Å². The molecule has 0 spiro atoms. The molecule has 4 aromatic rings. The number of aryl methyl sites for hydroxylation is 2. The summed E-state index contributed by atoms with van der Waals surface area (Å²) in [6.45, 7) is 1.87. The van der Waals surface area contributed by atoms with Crippen molar-refractivity contribution < 1.29 is 9.18 Å². The van der Waals surface area contributed by atoms with Crippen molar-refractivity contribution in [2.24, 2.45) is 7.05 Å². The molecule has 0 radical (unpaired) electrons. The molecule has 0 aliphatic carbocycles. The molecule has 0 atom stereocenters. The molecule has 1 amide bonds. The Balaban J connectivity index is 1.60. The van der Waals surface area contributed by atoms with Crippen molar-refractivity contribution in [3.63, 3.8) is 0 Å². The van der Waals surface area contributed by atoms with Crippen LogP contribution in [0.2, 0.25) is 0 Å². The number of rotatable bonds is 3. The van der Waals surface area contributed by atoms with Crippen molar-refractivity contribution in [1.29, 1.82) is 0 Å². The van der Waals surface area contributed by atoms with Gasteiger partial charge in [-0.1, -0.05) is 0 Å². The number of nitrogens with zero attached hydrogens (tertiary/aromatic N) is 5. The third-order valence-corrected chi connectivity index (χ3v) is 3.95. The van der Waals surface area contributed by atoms with Gasteiger partial charge in [-0.25, -0.2) is 13.9 Å². The summed E-state index contributed by atoms with van der Waals surface area (Å²) < 4.78 is 16.2. The quantitative estimate of drug-likeness (QED) is 0.616. The van der Waals surface area contributed by atoms with Crippen molar-refractivity contribution >= 4 is 17.2 Å². The summed E-state index contributed by atoms with van der Waals surface area (Å²) in [5.41, 5.74) is 3.78. The second-order valence-corrected chi connectivity index (χ2v) is 5.93. The summed E-state index contributed by atoms with van der Waals surface area (Å²) in [7, 11) is 1.68. The zero-order valence-corrected chi connectivity index (χ0v) is 14.1. The molecule has 0 saturated heterocycles. The zero-order chi connectivity index (χ0) is 18.3. The minimum Gasteiger partial charge on any atom is -0.318 e. The summed E-state index contributed by atoms with van der Waals surface area (Å²) in [5, 5.41) is 11.4. The van der Waals surface area contributed by atoms with E-state index in [4.69, 9.17) is 0 Å². The smallest absolute Gasteiger partial charge is 0.274 e. The van der Waals surface area contributed by atoms with Gasteiger partial charge in [-0.15, -0.1) is 0 Å². The van der Waals surface area contributed by atoms with Crippen molar-refractivity contribution in [3.8, 4) is 11.3 Å². The van der Waals surface area contributed by atoms with E-state index in [1.165, 1.54) is 16.8 Å². The second-order valence-electron chi connectivity index (χ2n) is 5.93. The maximum atomic E-state index is 13.1. The number of carbonyl (C=O) groups excluding carboxylic acids is 1. The molecule has 0 aliphatic rings. The van der Waals surface area contributed by atoms with Crippen LogP contribution in [0.3, 0.4) is 0 Å². The lowest BCUT2D eigenvalue weighted by Crippen LogP contribution is -2.16. The molecule has 0 saturated carbocycles. The minimum atomic E-state index is -0.321. The predicted octanol–water partition coefficient (Wildman–Crippen LogP) is 2.83. The molecular weight excluding hydrogens is 335 g/mol. The fraction of sp³-hybridized carbons (Fsp3) is 0.111. The molecule has 1 aromatic carbocycles. The molecule has 26 heavy (non-hydrogen) atoms. The third-order valence-electron chi connectivity index (χ3n) is 3.95. The summed E-state index contributed by atoms with van der Waals surface area (Å²) in [5.74, 6) is -0.641. The van der Waals surface area contributed by atoms with Crippen molar-refractivity contribution in [3.05, 3.63) is 66.0 Å². The number of hydrogen-bond acceptors (Lipinski definition) is 4. The van der Waals surface area contributed by atoms with E-state index in [9.17, 15) is 9.18 Å². The maximum absolute atomic E-state index is 13.1. The molecule has 3 aromatic heterocycles. The van der Waals surface area contributed by atoms with E-state index < -0.39 is 0 Å². The van der Waals surface area contributed by atoms with E-state index >= 15 is 0 Å². The topological polar surface area (TPSA) is 77.1 Å². The van der Waals surface area contributed by atoms with Crippen LogP contribution in [0.5, 0.6) is 0 Å². The summed E-state index contributed by atoms with van der Waals surface area (Å²) >= 11 is 0. The number of nitrogens with one attached hydrogen (secondary N) is 1. The van der Waals surface area contributed by atoms with Crippen LogP contribution in [0.15, 0.2) is 48.8 Å². The van der Waals surface area contributed by atoms with Crippen LogP contribution in [-0.4, -0.2) is 30.3 Å². The molecule has 7 nitrogen and oxygen atoms in total. The van der Waals surface area contributed by atoms with Gasteiger partial charge in [-0.2, -0.15) is 10.2 Å². The Labute approximate surface area is 148 Å². The van der Waals surface area contributed by atoms with Crippen molar-refractivity contribution in [2.45, 2.75) is 6.92 Å². The normalized spacial score (nSPS) is 11.0. The van der Waals surface area contributed by atoms with Crippen LogP contribution in [-0.2, 0) is 7.05 Å². The Bertz CT molecular complexity index is 1110. The molecule has 1 N–H and O–H groups in total. The van der Waals surface area contributed by atoms with Crippen LogP contribution >= 0.6 is 0 Å². The summed E-state index contributed by atoms with van der Waals surface area (Å²) in [6.07, 6.45) is 3.27. The highest BCUT2D eigenvalue weighted by Gasteiger charge is 2.15.